The van der Waals surface area contributed by atoms with E-state index in [0.29, 0.717) is 33.4 Å². The second kappa shape index (κ2) is 8.05. The molecular formula is C19H16N2O6S. The van der Waals surface area contributed by atoms with Crippen LogP contribution in [0.2, 0.25) is 0 Å². The highest BCUT2D eigenvalue weighted by atomic mass is 32.1. The van der Waals surface area contributed by atoms with Gasteiger partial charge in [0.05, 0.1) is 26.3 Å². The number of ketones is 1. The number of carbonyl (C=O) groups excluding carboxylic acids is 1. The minimum Gasteiger partial charge on any atom is -0.493 e. The Bertz CT molecular complexity index is 1000. The maximum absolute atomic E-state index is 12.9. The molecule has 0 fully saturated rings. The summed E-state index contributed by atoms with van der Waals surface area (Å²) in [7, 11) is 4.43. The second-order valence-electron chi connectivity index (χ2n) is 5.59. The molecule has 1 heterocycles. The zero-order chi connectivity index (χ0) is 20.3. The maximum Gasteiger partial charge on any atom is 0.269 e. The van der Waals surface area contributed by atoms with Crippen LogP contribution in [0.15, 0.2) is 41.8 Å². The van der Waals surface area contributed by atoms with Gasteiger partial charge in [0.15, 0.2) is 11.5 Å². The molecule has 9 heteroatoms. The van der Waals surface area contributed by atoms with Gasteiger partial charge in [-0.25, -0.2) is 4.98 Å². The molecule has 0 radical (unpaired) electrons. The number of hydrogen-bond donors (Lipinski definition) is 0. The van der Waals surface area contributed by atoms with Gasteiger partial charge in [-0.2, -0.15) is 0 Å². The summed E-state index contributed by atoms with van der Waals surface area (Å²) in [6.45, 7) is 0. The lowest BCUT2D eigenvalue weighted by Gasteiger charge is -2.13. The smallest absolute Gasteiger partial charge is 0.269 e. The lowest BCUT2D eigenvalue weighted by Crippen LogP contribution is -2.04. The maximum atomic E-state index is 12.9. The number of benzene rings is 2. The van der Waals surface area contributed by atoms with Gasteiger partial charge in [0.25, 0.3) is 5.69 Å². The van der Waals surface area contributed by atoms with E-state index in [1.807, 2.05) is 0 Å². The summed E-state index contributed by atoms with van der Waals surface area (Å²) in [5.41, 5.74) is 1.29. The Morgan fingerprint density at radius 1 is 1.04 bits per heavy atom. The van der Waals surface area contributed by atoms with Gasteiger partial charge in [0.2, 0.25) is 11.5 Å². The third kappa shape index (κ3) is 3.65. The first-order chi connectivity index (χ1) is 13.5. The van der Waals surface area contributed by atoms with Crippen LogP contribution >= 0.6 is 11.3 Å². The summed E-state index contributed by atoms with van der Waals surface area (Å²) < 4.78 is 15.8. The van der Waals surface area contributed by atoms with Gasteiger partial charge in [-0.05, 0) is 24.3 Å². The third-order valence-electron chi connectivity index (χ3n) is 3.99. The van der Waals surface area contributed by atoms with E-state index in [1.165, 1.54) is 44.8 Å². The molecule has 3 rings (SSSR count). The summed E-state index contributed by atoms with van der Waals surface area (Å²) in [6.07, 6.45) is 0. The van der Waals surface area contributed by atoms with Gasteiger partial charge in [-0.1, -0.05) is 0 Å². The number of nitro groups is 1. The van der Waals surface area contributed by atoms with Crippen LogP contribution in [0.1, 0.15) is 16.1 Å². The fourth-order valence-corrected chi connectivity index (χ4v) is 3.40. The third-order valence-corrected chi connectivity index (χ3v) is 4.88. The van der Waals surface area contributed by atoms with E-state index in [9.17, 15) is 14.9 Å². The lowest BCUT2D eigenvalue weighted by molar-refractivity contribution is -0.384. The van der Waals surface area contributed by atoms with Crippen LogP contribution in [0.5, 0.6) is 17.2 Å². The normalized spacial score (nSPS) is 10.4. The summed E-state index contributed by atoms with van der Waals surface area (Å²) in [5, 5.41) is 13.0. The lowest BCUT2D eigenvalue weighted by atomic mass is 10.1. The molecule has 0 saturated heterocycles. The molecule has 3 aromatic rings. The molecule has 0 unspecified atom stereocenters. The van der Waals surface area contributed by atoms with Crippen LogP contribution in [0.25, 0.3) is 10.6 Å². The van der Waals surface area contributed by atoms with E-state index < -0.39 is 4.92 Å². The number of nitrogens with zero attached hydrogens (tertiary/aromatic N) is 2. The standard InChI is InChI=1S/C19H16N2O6S/c1-25-15-8-12(9-16(26-2)18(15)27-3)17(22)14-10-28-19(20-14)11-4-6-13(7-5-11)21(23)24/h4-10H,1-3H3. The molecule has 0 atom stereocenters. The van der Waals surface area contributed by atoms with Crippen LogP contribution in [-0.2, 0) is 0 Å². The SMILES string of the molecule is COc1cc(C(=O)c2csc(-c3ccc([N+](=O)[O-])cc3)n2)cc(OC)c1OC. The van der Waals surface area contributed by atoms with E-state index in [4.69, 9.17) is 14.2 Å². The largest absolute Gasteiger partial charge is 0.493 e. The van der Waals surface area contributed by atoms with Crippen LogP contribution in [-0.4, -0.2) is 37.0 Å². The quantitative estimate of drug-likeness (QED) is 0.336. The summed E-state index contributed by atoms with van der Waals surface area (Å²) >= 11 is 1.28. The number of nitro benzene ring substituents is 1. The molecule has 8 nitrogen and oxygen atoms in total. The van der Waals surface area contributed by atoms with Crippen molar-refractivity contribution in [2.45, 2.75) is 0 Å². The van der Waals surface area contributed by atoms with E-state index in [0.717, 1.165) is 0 Å². The number of rotatable bonds is 7. The molecule has 0 bridgehead atoms. The Kier molecular flexibility index (Phi) is 5.55. The van der Waals surface area contributed by atoms with Crippen molar-refractivity contribution < 1.29 is 23.9 Å². The van der Waals surface area contributed by atoms with Crippen molar-refractivity contribution in [2.24, 2.45) is 0 Å². The number of aromatic nitrogens is 1. The van der Waals surface area contributed by atoms with Crippen molar-refractivity contribution in [2.75, 3.05) is 21.3 Å². The monoisotopic (exact) mass is 400 g/mol. The number of hydrogen-bond acceptors (Lipinski definition) is 8. The van der Waals surface area contributed by atoms with Crippen LogP contribution < -0.4 is 14.2 Å². The molecule has 0 saturated carbocycles. The van der Waals surface area contributed by atoms with Gasteiger partial charge in [-0.3, -0.25) is 14.9 Å². The molecular weight excluding hydrogens is 384 g/mol. The van der Waals surface area contributed by atoms with Crippen molar-refractivity contribution in [3.05, 3.63) is 63.1 Å². The predicted octanol–water partition coefficient (Wildman–Crippen LogP) is 3.98. The number of carbonyl (C=O) groups is 1. The average molecular weight is 400 g/mol. The number of ether oxygens (including phenoxy) is 3. The molecule has 0 spiro atoms. The van der Waals surface area contributed by atoms with Crippen LogP contribution in [0.3, 0.4) is 0 Å². The highest BCUT2D eigenvalue weighted by Gasteiger charge is 2.20. The van der Waals surface area contributed by atoms with Crippen molar-refractivity contribution in [3.63, 3.8) is 0 Å². The zero-order valence-electron chi connectivity index (χ0n) is 15.3. The average Bonchev–Trinajstić information content (AvgIpc) is 3.22. The number of non-ortho nitro benzene ring substituents is 1. The van der Waals surface area contributed by atoms with Gasteiger partial charge in [0, 0.05) is 28.6 Å². The topological polar surface area (TPSA) is 101 Å². The number of methoxy groups -OCH3 is 3. The predicted molar refractivity (Wildman–Crippen MR) is 104 cm³/mol. The summed E-state index contributed by atoms with van der Waals surface area (Å²) in [6, 6.07) is 9.13. The van der Waals surface area contributed by atoms with Crippen LogP contribution in [0.4, 0.5) is 5.69 Å². The molecule has 0 amide bonds. The van der Waals surface area contributed by atoms with Crippen molar-refractivity contribution in [1.82, 2.24) is 4.98 Å². The van der Waals surface area contributed by atoms with Crippen LogP contribution in [0, 0.1) is 10.1 Å². The first-order valence-corrected chi connectivity index (χ1v) is 8.91. The molecule has 1 aromatic heterocycles. The van der Waals surface area contributed by atoms with Crippen molar-refractivity contribution >= 4 is 22.8 Å². The van der Waals surface area contributed by atoms with Gasteiger partial charge in [0.1, 0.15) is 10.7 Å². The Morgan fingerprint density at radius 3 is 2.14 bits per heavy atom. The number of thiazole rings is 1. The van der Waals surface area contributed by atoms with Gasteiger partial charge in [-0.15, -0.1) is 11.3 Å². The van der Waals surface area contributed by atoms with E-state index in [1.54, 1.807) is 29.6 Å². The summed E-state index contributed by atoms with van der Waals surface area (Å²) in [5.74, 6) is 0.835. The Labute approximate surface area is 164 Å². The molecule has 2 aromatic carbocycles. The molecule has 0 aliphatic carbocycles. The highest BCUT2D eigenvalue weighted by Crippen LogP contribution is 2.39. The summed E-state index contributed by atoms with van der Waals surface area (Å²) in [4.78, 5) is 27.5. The molecule has 0 aliphatic heterocycles. The Morgan fingerprint density at radius 2 is 1.64 bits per heavy atom. The molecule has 28 heavy (non-hydrogen) atoms. The fraction of sp³-hybridized carbons (Fsp3) is 0.158. The Hall–Kier alpha value is -3.46. The minimum absolute atomic E-state index is 0.00553. The van der Waals surface area contributed by atoms with E-state index >= 15 is 0 Å². The van der Waals surface area contributed by atoms with Gasteiger partial charge < -0.3 is 14.2 Å². The fourth-order valence-electron chi connectivity index (χ4n) is 2.60. The first-order valence-electron chi connectivity index (χ1n) is 8.03. The van der Waals surface area contributed by atoms with Crippen molar-refractivity contribution in [1.29, 1.82) is 0 Å². The van der Waals surface area contributed by atoms with Crippen molar-refractivity contribution in [3.8, 4) is 27.8 Å². The molecule has 0 aliphatic rings. The first kappa shape index (κ1) is 19.3. The van der Waals surface area contributed by atoms with E-state index in [2.05, 4.69) is 4.98 Å². The molecule has 0 N–H and O–H groups in total. The van der Waals surface area contributed by atoms with E-state index in [-0.39, 0.29) is 17.2 Å². The molecule has 144 valence electrons. The zero-order valence-corrected chi connectivity index (χ0v) is 16.1. The van der Waals surface area contributed by atoms with Gasteiger partial charge >= 0.3 is 0 Å². The highest BCUT2D eigenvalue weighted by molar-refractivity contribution is 7.13. The minimum atomic E-state index is -0.467. The Balaban J connectivity index is 1.93. The second-order valence-corrected chi connectivity index (χ2v) is 6.44.